The van der Waals surface area contributed by atoms with Gasteiger partial charge in [0.05, 0.1) is 6.61 Å². The van der Waals surface area contributed by atoms with E-state index in [-0.39, 0.29) is 12.2 Å². The van der Waals surface area contributed by atoms with Gasteiger partial charge in [0, 0.05) is 29.2 Å². The molecule has 1 heterocycles. The van der Waals surface area contributed by atoms with Crippen LogP contribution in [-0.2, 0) is 23.9 Å². The lowest BCUT2D eigenvalue weighted by Crippen LogP contribution is -2.37. The maximum atomic E-state index is 12.7. The summed E-state index contributed by atoms with van der Waals surface area (Å²) in [6.07, 6.45) is 3.41. The van der Waals surface area contributed by atoms with Crippen LogP contribution in [0, 0.1) is 0 Å². The molecule has 1 N–H and O–H groups in total. The second-order valence-electron chi connectivity index (χ2n) is 6.32. The van der Waals surface area contributed by atoms with E-state index in [1.807, 2.05) is 36.4 Å². The van der Waals surface area contributed by atoms with Crippen molar-refractivity contribution in [3.05, 3.63) is 70.9 Å². The van der Waals surface area contributed by atoms with Gasteiger partial charge in [-0.3, -0.25) is 9.59 Å². The Labute approximate surface area is 173 Å². The first-order chi connectivity index (χ1) is 14.5. The van der Waals surface area contributed by atoms with Crippen molar-refractivity contribution in [1.82, 2.24) is 0 Å². The quantitative estimate of drug-likeness (QED) is 0.551. The fourth-order valence-electron chi connectivity index (χ4n) is 2.90. The van der Waals surface area contributed by atoms with Crippen LogP contribution in [-0.4, -0.2) is 30.9 Å². The minimum absolute atomic E-state index is 0.0996. The van der Waals surface area contributed by atoms with Gasteiger partial charge in [-0.25, -0.2) is 4.79 Å². The summed E-state index contributed by atoms with van der Waals surface area (Å²) < 4.78 is 15.7. The Morgan fingerprint density at radius 2 is 1.73 bits per heavy atom. The molecule has 1 aliphatic heterocycles. The van der Waals surface area contributed by atoms with E-state index >= 15 is 0 Å². The SMILES string of the molecule is CCOC(=O)/C(C(=O)COC(C)=O)=c1/cccc2c1=CC(Oc1ccccc1)=CN2. The summed E-state index contributed by atoms with van der Waals surface area (Å²) in [6.45, 7) is 2.39. The molecule has 0 saturated carbocycles. The first-order valence-corrected chi connectivity index (χ1v) is 9.38. The molecular formula is C23H21NO6. The summed E-state index contributed by atoms with van der Waals surface area (Å²) in [6, 6.07) is 14.4. The fraction of sp³-hybridized carbons (Fsp3) is 0.174. The van der Waals surface area contributed by atoms with Gasteiger partial charge in [0.2, 0.25) is 5.78 Å². The molecule has 30 heavy (non-hydrogen) atoms. The molecule has 0 saturated heterocycles. The highest BCUT2D eigenvalue weighted by Gasteiger charge is 2.23. The largest absolute Gasteiger partial charge is 0.462 e. The van der Waals surface area contributed by atoms with Gasteiger partial charge < -0.3 is 19.5 Å². The number of para-hydroxylation sites is 1. The molecule has 0 spiro atoms. The van der Waals surface area contributed by atoms with Gasteiger partial charge in [-0.15, -0.1) is 0 Å². The van der Waals surface area contributed by atoms with E-state index in [0.717, 1.165) is 0 Å². The van der Waals surface area contributed by atoms with Crippen molar-refractivity contribution >= 4 is 35.1 Å². The van der Waals surface area contributed by atoms with Gasteiger partial charge >= 0.3 is 11.9 Å². The summed E-state index contributed by atoms with van der Waals surface area (Å²) in [5.74, 6) is -0.904. The Balaban J connectivity index is 2.11. The van der Waals surface area contributed by atoms with Crippen molar-refractivity contribution in [2.75, 3.05) is 18.5 Å². The van der Waals surface area contributed by atoms with Crippen molar-refractivity contribution < 1.29 is 28.6 Å². The molecular weight excluding hydrogens is 386 g/mol. The number of esters is 2. The third-order valence-electron chi connectivity index (χ3n) is 4.18. The fourth-order valence-corrected chi connectivity index (χ4v) is 2.90. The second kappa shape index (κ2) is 9.56. The average molecular weight is 407 g/mol. The lowest BCUT2D eigenvalue weighted by molar-refractivity contribution is -0.145. The minimum atomic E-state index is -0.781. The zero-order valence-corrected chi connectivity index (χ0v) is 16.6. The van der Waals surface area contributed by atoms with Crippen LogP contribution in [0.3, 0.4) is 0 Å². The van der Waals surface area contributed by atoms with E-state index in [9.17, 15) is 14.4 Å². The van der Waals surface area contributed by atoms with Gasteiger partial charge in [-0.2, -0.15) is 0 Å². The summed E-state index contributed by atoms with van der Waals surface area (Å²) >= 11 is 0. The summed E-state index contributed by atoms with van der Waals surface area (Å²) in [7, 11) is 0. The van der Waals surface area contributed by atoms with E-state index in [4.69, 9.17) is 14.2 Å². The molecule has 7 nitrogen and oxygen atoms in total. The van der Waals surface area contributed by atoms with Gasteiger partial charge in [-0.05, 0) is 31.2 Å². The van der Waals surface area contributed by atoms with Gasteiger partial charge in [0.15, 0.2) is 6.61 Å². The molecule has 2 aromatic carbocycles. The standard InChI is InChI=1S/C23H21NO6/c1-3-28-23(27)22(21(26)14-29-15(2)25)18-10-7-11-20-19(18)12-17(13-24-20)30-16-8-5-4-6-9-16/h4-13,24H,3,14H2,1-2H3/b22-18-. The van der Waals surface area contributed by atoms with Crippen LogP contribution in [0.1, 0.15) is 13.8 Å². The highest BCUT2D eigenvalue weighted by molar-refractivity contribution is 6.39. The number of fused-ring (bicyclic) bond motifs is 1. The van der Waals surface area contributed by atoms with Crippen LogP contribution in [0.5, 0.6) is 5.75 Å². The third kappa shape index (κ3) is 4.94. The number of rotatable bonds is 7. The molecule has 0 aromatic heterocycles. The van der Waals surface area contributed by atoms with Crippen LogP contribution in [0.4, 0.5) is 5.69 Å². The number of hydrogen-bond donors (Lipinski definition) is 1. The van der Waals surface area contributed by atoms with Gasteiger partial charge in [0.1, 0.15) is 17.1 Å². The first kappa shape index (κ1) is 20.9. The average Bonchev–Trinajstić information content (AvgIpc) is 2.73. The monoisotopic (exact) mass is 407 g/mol. The topological polar surface area (TPSA) is 90.9 Å². The summed E-state index contributed by atoms with van der Waals surface area (Å²) in [5, 5.41) is 4.06. The number of benzene rings is 2. The lowest BCUT2D eigenvalue weighted by Gasteiger charge is -2.14. The lowest BCUT2D eigenvalue weighted by atomic mass is 10.0. The highest BCUT2D eigenvalue weighted by atomic mass is 16.5. The van der Waals surface area contributed by atoms with E-state index in [0.29, 0.717) is 27.6 Å². The number of hydrogen-bond acceptors (Lipinski definition) is 7. The molecule has 1 aliphatic rings. The molecule has 0 amide bonds. The molecule has 3 rings (SSSR count). The van der Waals surface area contributed by atoms with Crippen molar-refractivity contribution in [1.29, 1.82) is 0 Å². The van der Waals surface area contributed by atoms with E-state index < -0.39 is 24.3 Å². The number of allylic oxidation sites excluding steroid dienone is 1. The predicted octanol–water partition coefficient (Wildman–Crippen LogP) is 1.66. The van der Waals surface area contributed by atoms with Gasteiger partial charge in [0.25, 0.3) is 0 Å². The summed E-state index contributed by atoms with van der Waals surface area (Å²) in [5.41, 5.74) is 0.504. The first-order valence-electron chi connectivity index (χ1n) is 9.38. The highest BCUT2D eigenvalue weighted by Crippen LogP contribution is 2.16. The Hall–Kier alpha value is -3.87. The van der Waals surface area contributed by atoms with Crippen LogP contribution in [0.2, 0.25) is 0 Å². The molecule has 0 unspecified atom stereocenters. The minimum Gasteiger partial charge on any atom is -0.462 e. The number of ether oxygens (including phenoxy) is 3. The molecule has 0 fully saturated rings. The van der Waals surface area contributed by atoms with E-state index in [2.05, 4.69) is 5.32 Å². The Kier molecular flexibility index (Phi) is 6.64. The molecule has 7 heteroatoms. The Morgan fingerprint density at radius 3 is 2.43 bits per heavy atom. The number of nitrogens with one attached hydrogen (secondary N) is 1. The molecule has 154 valence electrons. The van der Waals surface area contributed by atoms with E-state index in [1.54, 1.807) is 31.3 Å². The maximum absolute atomic E-state index is 12.7. The van der Waals surface area contributed by atoms with Crippen molar-refractivity contribution in [3.63, 3.8) is 0 Å². The number of carbonyl (C=O) groups excluding carboxylic acids is 3. The second-order valence-corrected chi connectivity index (χ2v) is 6.32. The number of anilines is 1. The van der Waals surface area contributed by atoms with Crippen molar-refractivity contribution in [2.45, 2.75) is 13.8 Å². The van der Waals surface area contributed by atoms with E-state index in [1.165, 1.54) is 6.92 Å². The molecule has 0 bridgehead atoms. The molecule has 2 aromatic rings. The maximum Gasteiger partial charge on any atom is 0.342 e. The molecule has 0 atom stereocenters. The number of carbonyl (C=O) groups is 3. The van der Waals surface area contributed by atoms with Crippen molar-refractivity contribution in [3.8, 4) is 5.75 Å². The van der Waals surface area contributed by atoms with Crippen LogP contribution in [0.15, 0.2) is 60.5 Å². The Bertz CT molecular complexity index is 1120. The Morgan fingerprint density at radius 1 is 0.967 bits per heavy atom. The van der Waals surface area contributed by atoms with Crippen LogP contribution < -0.4 is 20.5 Å². The third-order valence-corrected chi connectivity index (χ3v) is 4.18. The normalized spacial score (nSPS) is 12.9. The summed E-state index contributed by atoms with van der Waals surface area (Å²) in [4.78, 5) is 36.4. The number of ketones is 1. The zero-order valence-electron chi connectivity index (χ0n) is 16.6. The van der Waals surface area contributed by atoms with Crippen LogP contribution in [0.25, 0.3) is 11.6 Å². The predicted molar refractivity (Wildman–Crippen MR) is 111 cm³/mol. The smallest absolute Gasteiger partial charge is 0.342 e. The zero-order chi connectivity index (χ0) is 21.5. The number of Topliss-reactive ketones (excluding diaryl/α,β-unsaturated/α-hetero) is 1. The van der Waals surface area contributed by atoms with Gasteiger partial charge in [-0.1, -0.05) is 30.3 Å². The molecule has 0 aliphatic carbocycles. The molecule has 0 radical (unpaired) electrons. The van der Waals surface area contributed by atoms with Crippen LogP contribution >= 0.6 is 0 Å². The van der Waals surface area contributed by atoms with Crippen molar-refractivity contribution in [2.24, 2.45) is 0 Å².